The number of carbonyl (C=O) groups excluding carboxylic acids is 1. The predicted octanol–water partition coefficient (Wildman–Crippen LogP) is 6.69. The standard InChI is InChI=1S/C27H30F3N3O/c28-20-16-15-19(23(29)24(20)30)26-32-21-13-7-8-14-22(21)33(26)25(17-9-3-1-4-10-17)27(34)31-18-11-5-2-6-12-18/h7-8,13-18,25H,1-6,9-12H2,(H,31,34)/t25-/m1/s1. The molecule has 0 unspecified atom stereocenters. The van der Waals surface area contributed by atoms with E-state index in [9.17, 15) is 18.0 Å². The zero-order chi connectivity index (χ0) is 23.7. The average Bonchev–Trinajstić information content (AvgIpc) is 3.23. The van der Waals surface area contributed by atoms with Crippen LogP contribution in [-0.4, -0.2) is 21.5 Å². The maximum atomic E-state index is 15.0. The quantitative estimate of drug-likeness (QED) is 0.423. The van der Waals surface area contributed by atoms with Gasteiger partial charge >= 0.3 is 0 Å². The molecule has 1 N–H and O–H groups in total. The fourth-order valence-corrected chi connectivity index (χ4v) is 5.74. The van der Waals surface area contributed by atoms with Gasteiger partial charge in [0.1, 0.15) is 11.9 Å². The number of amides is 1. The summed E-state index contributed by atoms with van der Waals surface area (Å²) >= 11 is 0. The van der Waals surface area contributed by atoms with Gasteiger partial charge in [0, 0.05) is 6.04 Å². The van der Waals surface area contributed by atoms with Crippen LogP contribution in [0.15, 0.2) is 36.4 Å². The Morgan fingerprint density at radius 3 is 2.29 bits per heavy atom. The van der Waals surface area contributed by atoms with Gasteiger partial charge < -0.3 is 9.88 Å². The number of rotatable bonds is 5. The zero-order valence-corrected chi connectivity index (χ0v) is 19.2. The SMILES string of the molecule is O=C(NC1CCCCC1)[C@@H](C1CCCCC1)n1c(-c2ccc(F)c(F)c2F)nc2ccccc21. The van der Waals surface area contributed by atoms with Crippen molar-refractivity contribution in [2.45, 2.75) is 76.3 Å². The molecule has 2 saturated carbocycles. The Kier molecular flexibility index (Phi) is 6.61. The minimum Gasteiger partial charge on any atom is -0.352 e. The van der Waals surface area contributed by atoms with E-state index in [0.29, 0.717) is 11.0 Å². The number of benzene rings is 2. The second-order valence-corrected chi connectivity index (χ2v) is 9.70. The van der Waals surface area contributed by atoms with Gasteiger partial charge in [0.2, 0.25) is 5.91 Å². The number of para-hydroxylation sites is 2. The first kappa shape index (κ1) is 22.9. The second-order valence-electron chi connectivity index (χ2n) is 9.70. The van der Waals surface area contributed by atoms with Gasteiger partial charge in [-0.25, -0.2) is 18.2 Å². The first-order valence-electron chi connectivity index (χ1n) is 12.5. The highest BCUT2D eigenvalue weighted by atomic mass is 19.2. The lowest BCUT2D eigenvalue weighted by Gasteiger charge is -2.33. The molecular formula is C27H30F3N3O. The van der Waals surface area contributed by atoms with Crippen molar-refractivity contribution in [1.29, 1.82) is 0 Å². The third-order valence-electron chi connectivity index (χ3n) is 7.47. The lowest BCUT2D eigenvalue weighted by Crippen LogP contribution is -2.43. The van der Waals surface area contributed by atoms with Crippen LogP contribution < -0.4 is 5.32 Å². The van der Waals surface area contributed by atoms with Crippen LogP contribution in [0.5, 0.6) is 0 Å². The lowest BCUT2D eigenvalue weighted by molar-refractivity contribution is -0.127. The third kappa shape index (κ3) is 4.32. The van der Waals surface area contributed by atoms with Gasteiger partial charge in [-0.3, -0.25) is 4.79 Å². The van der Waals surface area contributed by atoms with Crippen molar-refractivity contribution >= 4 is 16.9 Å². The van der Waals surface area contributed by atoms with Gasteiger partial charge in [-0.05, 0) is 55.9 Å². The van der Waals surface area contributed by atoms with Crippen molar-refractivity contribution < 1.29 is 18.0 Å². The lowest BCUT2D eigenvalue weighted by atomic mass is 9.82. The fourth-order valence-electron chi connectivity index (χ4n) is 5.74. The van der Waals surface area contributed by atoms with Crippen molar-refractivity contribution in [3.63, 3.8) is 0 Å². The van der Waals surface area contributed by atoms with E-state index in [2.05, 4.69) is 10.3 Å². The second kappa shape index (κ2) is 9.80. The molecule has 1 amide bonds. The molecule has 1 heterocycles. The summed E-state index contributed by atoms with van der Waals surface area (Å²) in [5, 5.41) is 3.27. The van der Waals surface area contributed by atoms with E-state index in [1.54, 1.807) is 10.6 Å². The number of aromatic nitrogens is 2. The molecule has 180 valence electrons. The molecule has 2 aliphatic rings. The normalized spacial score (nSPS) is 18.8. The Morgan fingerprint density at radius 2 is 1.56 bits per heavy atom. The van der Waals surface area contributed by atoms with Crippen LogP contribution >= 0.6 is 0 Å². The highest BCUT2D eigenvalue weighted by Gasteiger charge is 2.36. The Balaban J connectivity index is 1.65. The van der Waals surface area contributed by atoms with Gasteiger partial charge in [-0.2, -0.15) is 0 Å². The smallest absolute Gasteiger partial charge is 0.243 e. The highest BCUT2D eigenvalue weighted by molar-refractivity contribution is 5.87. The summed E-state index contributed by atoms with van der Waals surface area (Å²) < 4.78 is 44.7. The first-order chi connectivity index (χ1) is 16.5. The molecule has 5 rings (SSSR count). The van der Waals surface area contributed by atoms with Crippen LogP contribution in [0.3, 0.4) is 0 Å². The van der Waals surface area contributed by atoms with E-state index >= 15 is 0 Å². The van der Waals surface area contributed by atoms with Crippen molar-refractivity contribution in [2.75, 3.05) is 0 Å². The van der Waals surface area contributed by atoms with E-state index in [4.69, 9.17) is 0 Å². The number of nitrogens with one attached hydrogen (secondary N) is 1. The molecule has 3 aromatic rings. The van der Waals surface area contributed by atoms with Crippen LogP contribution in [0.25, 0.3) is 22.4 Å². The summed E-state index contributed by atoms with van der Waals surface area (Å²) in [4.78, 5) is 18.5. The molecule has 7 heteroatoms. The Morgan fingerprint density at radius 1 is 0.882 bits per heavy atom. The summed E-state index contributed by atoms with van der Waals surface area (Å²) in [6.45, 7) is 0. The molecular weight excluding hydrogens is 439 g/mol. The summed E-state index contributed by atoms with van der Waals surface area (Å²) in [6.07, 6.45) is 10.2. The molecule has 0 radical (unpaired) electrons. The number of carbonyl (C=O) groups is 1. The van der Waals surface area contributed by atoms with Crippen LogP contribution in [0, 0.1) is 23.4 Å². The zero-order valence-electron chi connectivity index (χ0n) is 19.2. The monoisotopic (exact) mass is 469 g/mol. The minimum absolute atomic E-state index is 0.0575. The van der Waals surface area contributed by atoms with Crippen molar-refractivity contribution in [1.82, 2.24) is 14.9 Å². The number of fused-ring (bicyclic) bond motifs is 1. The highest BCUT2D eigenvalue weighted by Crippen LogP contribution is 2.39. The molecule has 1 atom stereocenters. The molecule has 1 aromatic heterocycles. The Hall–Kier alpha value is -2.83. The van der Waals surface area contributed by atoms with E-state index in [1.165, 1.54) is 12.5 Å². The van der Waals surface area contributed by atoms with E-state index in [0.717, 1.165) is 63.9 Å². The largest absolute Gasteiger partial charge is 0.352 e. The van der Waals surface area contributed by atoms with Gasteiger partial charge in [-0.1, -0.05) is 50.7 Å². The molecule has 4 nitrogen and oxygen atoms in total. The number of hydrogen-bond acceptors (Lipinski definition) is 2. The topological polar surface area (TPSA) is 46.9 Å². The van der Waals surface area contributed by atoms with Crippen LogP contribution in [0.4, 0.5) is 13.2 Å². The molecule has 0 aliphatic heterocycles. The number of hydrogen-bond donors (Lipinski definition) is 1. The van der Waals surface area contributed by atoms with Crippen molar-refractivity contribution in [3.05, 3.63) is 53.8 Å². The van der Waals surface area contributed by atoms with Gasteiger partial charge in [0.05, 0.1) is 16.6 Å². The average molecular weight is 470 g/mol. The molecule has 0 saturated heterocycles. The Labute approximate surface area is 197 Å². The minimum atomic E-state index is -1.53. The molecule has 2 aliphatic carbocycles. The molecule has 34 heavy (non-hydrogen) atoms. The van der Waals surface area contributed by atoms with Crippen LogP contribution in [-0.2, 0) is 4.79 Å². The maximum Gasteiger partial charge on any atom is 0.243 e. The molecule has 2 aromatic carbocycles. The van der Waals surface area contributed by atoms with E-state index < -0.39 is 23.5 Å². The number of nitrogens with zero attached hydrogens (tertiary/aromatic N) is 2. The van der Waals surface area contributed by atoms with Gasteiger partial charge in [0.15, 0.2) is 17.5 Å². The molecule has 2 fully saturated rings. The van der Waals surface area contributed by atoms with Gasteiger partial charge in [-0.15, -0.1) is 0 Å². The Bertz CT molecular complexity index is 1180. The van der Waals surface area contributed by atoms with E-state index in [1.807, 2.05) is 18.2 Å². The van der Waals surface area contributed by atoms with Crippen LogP contribution in [0.1, 0.15) is 70.3 Å². The summed E-state index contributed by atoms with van der Waals surface area (Å²) in [5.74, 6) is -3.94. The van der Waals surface area contributed by atoms with Crippen LogP contribution in [0.2, 0.25) is 0 Å². The number of imidazole rings is 1. The first-order valence-corrected chi connectivity index (χ1v) is 12.5. The van der Waals surface area contributed by atoms with Crippen molar-refractivity contribution in [3.8, 4) is 11.4 Å². The predicted molar refractivity (Wildman–Crippen MR) is 126 cm³/mol. The summed E-state index contributed by atoms with van der Waals surface area (Å²) in [7, 11) is 0. The fraction of sp³-hybridized carbons (Fsp3) is 0.481. The maximum absolute atomic E-state index is 15.0. The van der Waals surface area contributed by atoms with Crippen molar-refractivity contribution in [2.24, 2.45) is 5.92 Å². The van der Waals surface area contributed by atoms with Gasteiger partial charge in [0.25, 0.3) is 0 Å². The van der Waals surface area contributed by atoms with E-state index in [-0.39, 0.29) is 29.3 Å². The summed E-state index contributed by atoms with van der Waals surface area (Å²) in [5.41, 5.74) is 1.14. The summed E-state index contributed by atoms with van der Waals surface area (Å²) in [6, 6.07) is 8.98. The number of halogens is 3. The molecule has 0 bridgehead atoms. The third-order valence-corrected chi connectivity index (χ3v) is 7.47. The molecule has 0 spiro atoms.